The molecule has 1 N–H and O–H groups in total. The minimum Gasteiger partial charge on any atom is -0.379 e. The number of hydrogen-bond acceptors (Lipinski definition) is 5. The number of aromatic amines is 1. The van der Waals surface area contributed by atoms with Crippen molar-refractivity contribution in [3.8, 4) is 11.1 Å². The van der Waals surface area contributed by atoms with Crippen molar-refractivity contribution >= 4 is 16.9 Å². The molecule has 7 nitrogen and oxygen atoms in total. The molecule has 0 unspecified atom stereocenters. The van der Waals surface area contributed by atoms with E-state index >= 15 is 0 Å². The molecule has 2 aliphatic rings. The zero-order chi connectivity index (χ0) is 19.8. The maximum atomic E-state index is 5.51. The number of hydrogen-bond donors (Lipinski definition) is 1. The van der Waals surface area contributed by atoms with E-state index in [1.165, 1.54) is 25.7 Å². The fraction of sp³-hybridized carbons (Fsp3) is 0.500. The van der Waals surface area contributed by atoms with Gasteiger partial charge in [0.25, 0.3) is 0 Å². The van der Waals surface area contributed by atoms with Crippen LogP contribution >= 0.6 is 0 Å². The number of nitrogens with one attached hydrogen (secondary N) is 1. The Morgan fingerprint density at radius 1 is 1.17 bits per heavy atom. The van der Waals surface area contributed by atoms with Crippen molar-refractivity contribution in [2.75, 3.05) is 26.3 Å². The highest BCUT2D eigenvalue weighted by molar-refractivity contribution is 5.92. The molecule has 152 valence electrons. The molecule has 0 amide bonds. The molecule has 0 spiro atoms. The number of ether oxygens (including phenoxy) is 1. The Morgan fingerprint density at radius 2 is 1.97 bits per heavy atom. The van der Waals surface area contributed by atoms with Crippen molar-refractivity contribution < 1.29 is 4.74 Å². The molecular formula is C22H28N6O. The van der Waals surface area contributed by atoms with Gasteiger partial charge >= 0.3 is 0 Å². The van der Waals surface area contributed by atoms with E-state index in [4.69, 9.17) is 14.7 Å². The molecule has 5 rings (SSSR count). The van der Waals surface area contributed by atoms with Crippen LogP contribution in [0.1, 0.15) is 44.2 Å². The Balaban J connectivity index is 1.41. The maximum Gasteiger partial charge on any atom is 0.163 e. The highest BCUT2D eigenvalue weighted by atomic mass is 16.5. The molecule has 0 atom stereocenters. The van der Waals surface area contributed by atoms with Crippen molar-refractivity contribution in [1.29, 1.82) is 0 Å². The smallest absolute Gasteiger partial charge is 0.163 e. The topological polar surface area (TPSA) is 71.9 Å². The standard InChI is InChI=1S/C22H28N6O/c1-15(2)28-14-19(17-11-24-25-12-17)21-22(28)23-13-20(26-21)16-3-5-18(6-4-16)27-7-9-29-10-8-27/h11-14,16,18H,1,3-10H2,2H3,(H,24,25). The normalized spacial score (nSPS) is 23.5. The van der Waals surface area contributed by atoms with Gasteiger partial charge in [0.1, 0.15) is 5.52 Å². The van der Waals surface area contributed by atoms with E-state index in [0.717, 1.165) is 60.0 Å². The van der Waals surface area contributed by atoms with Crippen LogP contribution in [0, 0.1) is 0 Å². The van der Waals surface area contributed by atoms with Crippen LogP contribution in [0.2, 0.25) is 0 Å². The Hall–Kier alpha value is -2.51. The van der Waals surface area contributed by atoms with Crippen LogP contribution in [0.15, 0.2) is 31.4 Å². The third kappa shape index (κ3) is 3.49. The lowest BCUT2D eigenvalue weighted by molar-refractivity contribution is 0.00721. The van der Waals surface area contributed by atoms with E-state index in [1.54, 1.807) is 0 Å². The molecule has 1 aliphatic heterocycles. The molecule has 2 fully saturated rings. The van der Waals surface area contributed by atoms with Crippen LogP contribution in [0.25, 0.3) is 28.0 Å². The van der Waals surface area contributed by atoms with Gasteiger partial charge in [0.2, 0.25) is 0 Å². The lowest BCUT2D eigenvalue weighted by atomic mass is 9.83. The summed E-state index contributed by atoms with van der Waals surface area (Å²) in [7, 11) is 0. The van der Waals surface area contributed by atoms with E-state index in [0.29, 0.717) is 12.0 Å². The molecule has 1 saturated carbocycles. The number of allylic oxidation sites excluding steroid dienone is 1. The Kier molecular flexibility index (Phi) is 4.93. The molecule has 7 heteroatoms. The first kappa shape index (κ1) is 18.5. The van der Waals surface area contributed by atoms with E-state index < -0.39 is 0 Å². The first-order valence-corrected chi connectivity index (χ1v) is 10.6. The van der Waals surface area contributed by atoms with Gasteiger partial charge in [-0.3, -0.25) is 10.00 Å². The van der Waals surface area contributed by atoms with Gasteiger partial charge in [0.05, 0.1) is 31.3 Å². The van der Waals surface area contributed by atoms with Gasteiger partial charge in [-0.25, -0.2) is 9.97 Å². The van der Waals surface area contributed by atoms with Crippen LogP contribution < -0.4 is 0 Å². The molecule has 1 aliphatic carbocycles. The number of fused-ring (bicyclic) bond motifs is 1. The monoisotopic (exact) mass is 392 g/mol. The first-order valence-electron chi connectivity index (χ1n) is 10.6. The highest BCUT2D eigenvalue weighted by Crippen LogP contribution is 2.36. The summed E-state index contributed by atoms with van der Waals surface area (Å²) in [6, 6.07) is 0.692. The number of morpholine rings is 1. The summed E-state index contributed by atoms with van der Waals surface area (Å²) in [6.45, 7) is 9.97. The van der Waals surface area contributed by atoms with Gasteiger partial charge in [-0.1, -0.05) is 6.58 Å². The third-order valence-electron chi connectivity index (χ3n) is 6.41. The fourth-order valence-electron chi connectivity index (χ4n) is 4.78. The molecule has 0 aromatic carbocycles. The quantitative estimate of drug-likeness (QED) is 0.733. The second kappa shape index (κ2) is 7.72. The molecule has 1 saturated heterocycles. The maximum absolute atomic E-state index is 5.51. The van der Waals surface area contributed by atoms with Crippen LogP contribution in [0.4, 0.5) is 0 Å². The van der Waals surface area contributed by atoms with Crippen molar-refractivity contribution in [3.05, 3.63) is 37.1 Å². The molecular weight excluding hydrogens is 364 g/mol. The van der Waals surface area contributed by atoms with E-state index in [9.17, 15) is 0 Å². The molecule has 29 heavy (non-hydrogen) atoms. The van der Waals surface area contributed by atoms with Crippen molar-refractivity contribution in [3.63, 3.8) is 0 Å². The number of rotatable bonds is 4. The molecule has 0 bridgehead atoms. The van der Waals surface area contributed by atoms with Crippen LogP contribution in [0.5, 0.6) is 0 Å². The van der Waals surface area contributed by atoms with E-state index in [2.05, 4.69) is 27.9 Å². The average molecular weight is 393 g/mol. The summed E-state index contributed by atoms with van der Waals surface area (Å²) in [6.07, 6.45) is 12.6. The molecule has 3 aromatic rings. The van der Waals surface area contributed by atoms with E-state index in [-0.39, 0.29) is 0 Å². The zero-order valence-electron chi connectivity index (χ0n) is 17.0. The third-order valence-corrected chi connectivity index (χ3v) is 6.41. The zero-order valence-corrected chi connectivity index (χ0v) is 17.0. The molecule has 3 aromatic heterocycles. The SMILES string of the molecule is C=C(C)n1cc(-c2cn[nH]c2)c2nc(C3CCC(N4CCOCC4)CC3)cnc21. The second-order valence-electron chi connectivity index (χ2n) is 8.26. The lowest BCUT2D eigenvalue weighted by Gasteiger charge is -2.38. The summed E-state index contributed by atoms with van der Waals surface area (Å²) in [5.41, 5.74) is 5.91. The average Bonchev–Trinajstić information content (AvgIpc) is 3.42. The minimum atomic E-state index is 0.481. The Labute approximate surface area is 170 Å². The molecule has 4 heterocycles. The second-order valence-corrected chi connectivity index (χ2v) is 8.26. The lowest BCUT2D eigenvalue weighted by Crippen LogP contribution is -2.44. The predicted octanol–water partition coefficient (Wildman–Crippen LogP) is 3.67. The van der Waals surface area contributed by atoms with E-state index in [1.807, 2.05) is 30.1 Å². The summed E-state index contributed by atoms with van der Waals surface area (Å²) in [5, 5.41) is 7.01. The Bertz CT molecular complexity index is 994. The number of aromatic nitrogens is 5. The van der Waals surface area contributed by atoms with Gasteiger partial charge in [0, 0.05) is 54.3 Å². The van der Waals surface area contributed by atoms with Crippen LogP contribution in [0.3, 0.4) is 0 Å². The largest absolute Gasteiger partial charge is 0.379 e. The number of nitrogens with zero attached hydrogens (tertiary/aromatic N) is 5. The number of H-pyrrole nitrogens is 1. The van der Waals surface area contributed by atoms with Crippen molar-refractivity contribution in [2.24, 2.45) is 0 Å². The summed E-state index contributed by atoms with van der Waals surface area (Å²) >= 11 is 0. The van der Waals surface area contributed by atoms with Gasteiger partial charge in [-0.05, 0) is 32.6 Å². The van der Waals surface area contributed by atoms with Gasteiger partial charge in [0.15, 0.2) is 5.65 Å². The van der Waals surface area contributed by atoms with Crippen LogP contribution in [-0.2, 0) is 4.74 Å². The summed E-state index contributed by atoms with van der Waals surface area (Å²) in [4.78, 5) is 12.5. The van der Waals surface area contributed by atoms with Crippen LogP contribution in [-0.4, -0.2) is 62.0 Å². The fourth-order valence-corrected chi connectivity index (χ4v) is 4.78. The van der Waals surface area contributed by atoms with Crippen molar-refractivity contribution in [1.82, 2.24) is 29.6 Å². The van der Waals surface area contributed by atoms with Gasteiger partial charge in [-0.2, -0.15) is 5.10 Å². The summed E-state index contributed by atoms with van der Waals surface area (Å²) < 4.78 is 7.53. The molecule has 0 radical (unpaired) electrons. The van der Waals surface area contributed by atoms with Crippen molar-refractivity contribution in [2.45, 2.75) is 44.6 Å². The van der Waals surface area contributed by atoms with Gasteiger partial charge in [-0.15, -0.1) is 0 Å². The first-order chi connectivity index (χ1) is 14.2. The predicted molar refractivity (Wildman–Crippen MR) is 114 cm³/mol. The highest BCUT2D eigenvalue weighted by Gasteiger charge is 2.29. The summed E-state index contributed by atoms with van der Waals surface area (Å²) in [5.74, 6) is 0.481. The van der Waals surface area contributed by atoms with Gasteiger partial charge < -0.3 is 9.30 Å². The minimum absolute atomic E-state index is 0.481. The Morgan fingerprint density at radius 3 is 2.66 bits per heavy atom.